The summed E-state index contributed by atoms with van der Waals surface area (Å²) in [6.07, 6.45) is -3.94. The van der Waals surface area contributed by atoms with Gasteiger partial charge in [0.25, 0.3) is 0 Å². The minimum absolute atomic E-state index is 0.257. The standard InChI is InChI=1S/C7H9BrF3N5/c8-4-5(13-2-1-7(9,10)11)14-3-15-6(4)16-12/h3H,1-2,12H2,(H2,13,14,15,16). The van der Waals surface area contributed by atoms with Crippen molar-refractivity contribution in [3.05, 3.63) is 10.8 Å². The molecule has 0 bridgehead atoms. The lowest BCUT2D eigenvalue weighted by Crippen LogP contribution is -2.16. The molecule has 0 aromatic carbocycles. The number of halogens is 4. The highest BCUT2D eigenvalue weighted by atomic mass is 79.9. The number of alkyl halides is 3. The van der Waals surface area contributed by atoms with E-state index in [0.29, 0.717) is 10.3 Å². The van der Waals surface area contributed by atoms with E-state index in [1.165, 1.54) is 6.33 Å². The second-order valence-corrected chi connectivity index (χ2v) is 3.61. The van der Waals surface area contributed by atoms with Crippen molar-refractivity contribution in [3.63, 3.8) is 0 Å². The lowest BCUT2D eigenvalue weighted by atomic mass is 10.4. The van der Waals surface area contributed by atoms with E-state index in [0.717, 1.165) is 0 Å². The Balaban J connectivity index is 2.61. The molecule has 90 valence electrons. The van der Waals surface area contributed by atoms with Crippen LogP contribution in [-0.4, -0.2) is 22.7 Å². The zero-order valence-electron chi connectivity index (χ0n) is 7.98. The topological polar surface area (TPSA) is 75.9 Å². The Morgan fingerprint density at radius 2 is 1.94 bits per heavy atom. The van der Waals surface area contributed by atoms with Gasteiger partial charge in [0.1, 0.15) is 16.6 Å². The number of aromatic nitrogens is 2. The molecule has 1 rings (SSSR count). The number of nitrogen functional groups attached to an aromatic ring is 1. The number of rotatable bonds is 4. The molecule has 1 aromatic heterocycles. The molecule has 4 N–H and O–H groups in total. The van der Waals surface area contributed by atoms with Gasteiger partial charge in [-0.25, -0.2) is 15.8 Å². The maximum atomic E-state index is 11.9. The summed E-state index contributed by atoms with van der Waals surface area (Å²) in [5.74, 6) is 5.69. The molecule has 16 heavy (non-hydrogen) atoms. The van der Waals surface area contributed by atoms with Crippen LogP contribution in [0.3, 0.4) is 0 Å². The minimum Gasteiger partial charge on any atom is -0.369 e. The Morgan fingerprint density at radius 3 is 2.50 bits per heavy atom. The Hall–Kier alpha value is -1.09. The summed E-state index contributed by atoms with van der Waals surface area (Å²) >= 11 is 3.11. The van der Waals surface area contributed by atoms with Crippen LogP contribution in [0.4, 0.5) is 24.8 Å². The lowest BCUT2D eigenvalue weighted by molar-refractivity contribution is -0.131. The molecule has 1 heterocycles. The maximum absolute atomic E-state index is 11.9. The molecule has 5 nitrogen and oxygen atoms in total. The van der Waals surface area contributed by atoms with Crippen molar-refractivity contribution in [3.8, 4) is 0 Å². The molecular weight excluding hydrogens is 291 g/mol. The van der Waals surface area contributed by atoms with Crippen molar-refractivity contribution in [1.29, 1.82) is 0 Å². The molecular formula is C7H9BrF3N5. The van der Waals surface area contributed by atoms with Gasteiger partial charge in [0.15, 0.2) is 5.82 Å². The maximum Gasteiger partial charge on any atom is 0.390 e. The second-order valence-electron chi connectivity index (χ2n) is 2.82. The first-order chi connectivity index (χ1) is 7.44. The smallest absolute Gasteiger partial charge is 0.369 e. The van der Waals surface area contributed by atoms with E-state index in [-0.39, 0.29) is 12.4 Å². The lowest BCUT2D eigenvalue weighted by Gasteiger charge is -2.10. The van der Waals surface area contributed by atoms with Crippen molar-refractivity contribution in [2.24, 2.45) is 5.84 Å². The van der Waals surface area contributed by atoms with Gasteiger partial charge in [-0.05, 0) is 15.9 Å². The van der Waals surface area contributed by atoms with Crippen LogP contribution < -0.4 is 16.6 Å². The highest BCUT2D eigenvalue weighted by Gasteiger charge is 2.26. The van der Waals surface area contributed by atoms with Crippen LogP contribution in [-0.2, 0) is 0 Å². The molecule has 0 fully saturated rings. The monoisotopic (exact) mass is 299 g/mol. The van der Waals surface area contributed by atoms with Gasteiger partial charge >= 0.3 is 6.18 Å². The fourth-order valence-electron chi connectivity index (χ4n) is 0.916. The molecule has 0 amide bonds. The average molecular weight is 300 g/mol. The van der Waals surface area contributed by atoms with Crippen LogP contribution in [0, 0.1) is 0 Å². The van der Waals surface area contributed by atoms with Crippen molar-refractivity contribution in [1.82, 2.24) is 9.97 Å². The molecule has 0 saturated carbocycles. The number of hydrogen-bond donors (Lipinski definition) is 3. The zero-order valence-corrected chi connectivity index (χ0v) is 9.56. The molecule has 9 heteroatoms. The van der Waals surface area contributed by atoms with Gasteiger partial charge in [-0.3, -0.25) is 0 Å². The molecule has 0 radical (unpaired) electrons. The number of anilines is 2. The van der Waals surface area contributed by atoms with Crippen LogP contribution in [0.15, 0.2) is 10.8 Å². The van der Waals surface area contributed by atoms with E-state index in [2.05, 4.69) is 36.6 Å². The van der Waals surface area contributed by atoms with Crippen molar-refractivity contribution in [2.75, 3.05) is 17.3 Å². The van der Waals surface area contributed by atoms with Gasteiger partial charge < -0.3 is 10.7 Å². The quantitative estimate of drug-likeness (QED) is 0.585. The first-order valence-corrected chi connectivity index (χ1v) is 5.01. The van der Waals surface area contributed by atoms with Crippen LogP contribution >= 0.6 is 15.9 Å². The molecule has 0 aliphatic heterocycles. The number of hydrazine groups is 1. The van der Waals surface area contributed by atoms with Gasteiger partial charge in [0.05, 0.1) is 6.42 Å². The van der Waals surface area contributed by atoms with E-state index < -0.39 is 12.6 Å². The van der Waals surface area contributed by atoms with E-state index >= 15 is 0 Å². The Morgan fingerprint density at radius 1 is 1.31 bits per heavy atom. The molecule has 0 saturated heterocycles. The van der Waals surface area contributed by atoms with Crippen LogP contribution in [0.5, 0.6) is 0 Å². The number of hydrogen-bond acceptors (Lipinski definition) is 5. The fraction of sp³-hybridized carbons (Fsp3) is 0.429. The summed E-state index contributed by atoms with van der Waals surface area (Å²) in [5.41, 5.74) is 2.28. The normalized spacial score (nSPS) is 11.3. The number of nitrogens with one attached hydrogen (secondary N) is 2. The van der Waals surface area contributed by atoms with Crippen LogP contribution in [0.25, 0.3) is 0 Å². The SMILES string of the molecule is NNc1ncnc(NCCC(F)(F)F)c1Br. The molecule has 0 aliphatic carbocycles. The van der Waals surface area contributed by atoms with E-state index in [4.69, 9.17) is 5.84 Å². The van der Waals surface area contributed by atoms with Gasteiger partial charge in [-0.15, -0.1) is 0 Å². The molecule has 0 aliphatic rings. The summed E-state index contributed by atoms with van der Waals surface area (Å²) in [7, 11) is 0. The Kier molecular flexibility index (Phi) is 4.30. The average Bonchev–Trinajstić information content (AvgIpc) is 2.19. The highest BCUT2D eigenvalue weighted by Crippen LogP contribution is 2.26. The van der Waals surface area contributed by atoms with Gasteiger partial charge in [-0.1, -0.05) is 0 Å². The van der Waals surface area contributed by atoms with Gasteiger partial charge in [0.2, 0.25) is 0 Å². The molecule has 0 atom stereocenters. The Labute approximate surface area is 97.7 Å². The fourth-order valence-corrected chi connectivity index (χ4v) is 1.38. The number of nitrogens with zero attached hydrogens (tertiary/aromatic N) is 2. The highest BCUT2D eigenvalue weighted by molar-refractivity contribution is 9.10. The number of nitrogens with two attached hydrogens (primary N) is 1. The first kappa shape index (κ1) is 13.0. The van der Waals surface area contributed by atoms with Crippen LogP contribution in [0.2, 0.25) is 0 Å². The predicted octanol–water partition coefficient (Wildman–Crippen LogP) is 1.89. The summed E-state index contributed by atoms with van der Waals surface area (Å²) in [5, 5.41) is 2.53. The summed E-state index contributed by atoms with van der Waals surface area (Å²) < 4.78 is 36.1. The third-order valence-corrected chi connectivity index (χ3v) is 2.38. The van der Waals surface area contributed by atoms with Crippen molar-refractivity contribution < 1.29 is 13.2 Å². The Bertz CT molecular complexity index is 356. The van der Waals surface area contributed by atoms with E-state index in [1.807, 2.05) is 0 Å². The zero-order chi connectivity index (χ0) is 12.2. The molecule has 0 unspecified atom stereocenters. The van der Waals surface area contributed by atoms with E-state index in [9.17, 15) is 13.2 Å². The van der Waals surface area contributed by atoms with E-state index in [1.54, 1.807) is 0 Å². The summed E-state index contributed by atoms with van der Waals surface area (Å²) in [6, 6.07) is 0. The minimum atomic E-state index is -4.19. The summed E-state index contributed by atoms with van der Waals surface area (Å²) in [4.78, 5) is 7.53. The van der Waals surface area contributed by atoms with Crippen LogP contribution in [0.1, 0.15) is 6.42 Å². The van der Waals surface area contributed by atoms with Gasteiger partial charge in [-0.2, -0.15) is 13.2 Å². The second kappa shape index (κ2) is 5.30. The third kappa shape index (κ3) is 3.81. The summed E-state index contributed by atoms with van der Waals surface area (Å²) in [6.45, 7) is -0.261. The molecule has 0 spiro atoms. The first-order valence-electron chi connectivity index (χ1n) is 4.22. The van der Waals surface area contributed by atoms with Crippen molar-refractivity contribution in [2.45, 2.75) is 12.6 Å². The molecule has 1 aromatic rings. The van der Waals surface area contributed by atoms with Gasteiger partial charge in [0, 0.05) is 6.54 Å². The third-order valence-electron chi connectivity index (χ3n) is 1.63. The largest absolute Gasteiger partial charge is 0.390 e. The predicted molar refractivity (Wildman–Crippen MR) is 56.7 cm³/mol. The van der Waals surface area contributed by atoms with Crippen molar-refractivity contribution >= 4 is 27.6 Å².